The van der Waals surface area contributed by atoms with Crippen molar-refractivity contribution in [2.75, 3.05) is 5.33 Å². The van der Waals surface area contributed by atoms with Gasteiger partial charge in [-0.05, 0) is 47.6 Å². The van der Waals surface area contributed by atoms with Crippen LogP contribution in [0.25, 0.3) is 11.1 Å². The van der Waals surface area contributed by atoms with Crippen molar-refractivity contribution in [3.05, 3.63) is 47.0 Å². The van der Waals surface area contributed by atoms with Gasteiger partial charge in [-0.25, -0.2) is 0 Å². The molecule has 0 fully saturated rings. The second-order valence-corrected chi connectivity index (χ2v) is 5.21. The van der Waals surface area contributed by atoms with E-state index in [0.29, 0.717) is 5.92 Å². The highest BCUT2D eigenvalue weighted by Gasteiger charge is 2.10. The summed E-state index contributed by atoms with van der Waals surface area (Å²) in [5.74, 6) is 0.560. The number of fused-ring (bicyclic) bond motifs is 1. The molecule has 0 N–H and O–H groups in total. The van der Waals surface area contributed by atoms with Crippen LogP contribution in [0.15, 0.2) is 30.3 Å². The van der Waals surface area contributed by atoms with Crippen LogP contribution < -0.4 is 0 Å². The second-order valence-electron chi connectivity index (χ2n) is 4.56. The van der Waals surface area contributed by atoms with Crippen LogP contribution in [-0.4, -0.2) is 5.33 Å². The van der Waals surface area contributed by atoms with E-state index in [1.165, 1.54) is 27.8 Å². The third-order valence-corrected chi connectivity index (χ3v) is 4.25. The monoisotopic (exact) mass is 276 g/mol. The highest BCUT2D eigenvalue weighted by molar-refractivity contribution is 9.09. The van der Waals surface area contributed by atoms with E-state index >= 15 is 0 Å². The van der Waals surface area contributed by atoms with Gasteiger partial charge in [-0.15, -0.1) is 0 Å². The molecule has 0 aromatic heterocycles. The largest absolute Gasteiger partial charge is 0.0922 e. The van der Waals surface area contributed by atoms with Crippen molar-refractivity contribution in [1.82, 2.24) is 0 Å². The lowest BCUT2D eigenvalue weighted by Gasteiger charge is -2.06. The maximum absolute atomic E-state index is 3.56. The number of rotatable bonds is 2. The van der Waals surface area contributed by atoms with Crippen LogP contribution >= 0.6 is 15.9 Å². The fourth-order valence-electron chi connectivity index (χ4n) is 2.06. The van der Waals surface area contributed by atoms with E-state index in [2.05, 4.69) is 67.0 Å². The SMILES string of the molecule is Cc1ccc(C(C)CBr)cc2c(C)ccc1-2. The van der Waals surface area contributed by atoms with E-state index < -0.39 is 0 Å². The molecule has 1 unspecified atom stereocenters. The minimum absolute atomic E-state index is 0.560. The highest BCUT2D eigenvalue weighted by atomic mass is 79.9. The molecule has 0 aliphatic heterocycles. The maximum atomic E-state index is 3.56. The van der Waals surface area contributed by atoms with E-state index in [1.807, 2.05) is 0 Å². The summed E-state index contributed by atoms with van der Waals surface area (Å²) < 4.78 is 0. The van der Waals surface area contributed by atoms with Crippen molar-refractivity contribution in [2.45, 2.75) is 26.7 Å². The Morgan fingerprint density at radius 3 is 2.31 bits per heavy atom. The lowest BCUT2D eigenvalue weighted by Crippen LogP contribution is -1.92. The fraction of sp³-hybridized carbons (Fsp3) is 0.333. The molecule has 0 bridgehead atoms. The summed E-state index contributed by atoms with van der Waals surface area (Å²) in [5.41, 5.74) is 6.91. The van der Waals surface area contributed by atoms with Gasteiger partial charge in [0.15, 0.2) is 0 Å². The van der Waals surface area contributed by atoms with Gasteiger partial charge in [-0.2, -0.15) is 0 Å². The van der Waals surface area contributed by atoms with Gasteiger partial charge in [0.05, 0.1) is 0 Å². The van der Waals surface area contributed by atoms with Crippen LogP contribution in [0.4, 0.5) is 0 Å². The first-order valence-corrected chi connectivity index (χ1v) is 6.81. The standard InChI is InChI=1S/C15H17Br/c1-10-4-6-13(12(3)9-16)8-15-11(2)5-7-14(10)15/h4-8,12H,9H2,1-3H3. The number of hydrogen-bond donors (Lipinski definition) is 0. The highest BCUT2D eigenvalue weighted by Crippen LogP contribution is 2.32. The molecule has 1 atom stereocenters. The van der Waals surface area contributed by atoms with Crippen LogP contribution in [-0.2, 0) is 0 Å². The van der Waals surface area contributed by atoms with E-state index in [1.54, 1.807) is 0 Å². The molecule has 2 aliphatic carbocycles. The zero-order chi connectivity index (χ0) is 11.7. The van der Waals surface area contributed by atoms with Gasteiger partial charge in [0.2, 0.25) is 0 Å². The number of halogens is 1. The van der Waals surface area contributed by atoms with Crippen LogP contribution in [0.3, 0.4) is 0 Å². The molecule has 0 nitrogen and oxygen atoms in total. The predicted octanol–water partition coefficient (Wildman–Crippen LogP) is 4.91. The lowest BCUT2D eigenvalue weighted by molar-refractivity contribution is 0.890. The average molecular weight is 277 g/mol. The normalized spacial score (nSPS) is 13.0. The summed E-state index contributed by atoms with van der Waals surface area (Å²) >= 11 is 3.56. The quantitative estimate of drug-likeness (QED) is 0.684. The van der Waals surface area contributed by atoms with Crippen LogP contribution in [0.2, 0.25) is 0 Å². The second kappa shape index (κ2) is 4.58. The molecule has 0 aromatic rings. The fourth-order valence-corrected chi connectivity index (χ4v) is 2.43. The molecule has 2 aliphatic rings. The van der Waals surface area contributed by atoms with Crippen molar-refractivity contribution >= 4 is 15.9 Å². The topological polar surface area (TPSA) is 0 Å². The van der Waals surface area contributed by atoms with E-state index in [-0.39, 0.29) is 0 Å². The van der Waals surface area contributed by atoms with Crippen LogP contribution in [0.5, 0.6) is 0 Å². The minimum Gasteiger partial charge on any atom is -0.0922 e. The van der Waals surface area contributed by atoms with Crippen molar-refractivity contribution in [1.29, 1.82) is 0 Å². The Bertz CT molecular complexity index is 473. The van der Waals surface area contributed by atoms with E-state index in [0.717, 1.165) is 5.33 Å². The molecule has 0 amide bonds. The van der Waals surface area contributed by atoms with Gasteiger partial charge < -0.3 is 0 Å². The Labute approximate surface area is 106 Å². The Morgan fingerprint density at radius 2 is 1.62 bits per heavy atom. The minimum atomic E-state index is 0.560. The van der Waals surface area contributed by atoms with Crippen molar-refractivity contribution < 1.29 is 0 Å². The molecule has 0 radical (unpaired) electrons. The Hall–Kier alpha value is -0.820. The molecule has 1 heteroatoms. The molecule has 84 valence electrons. The molecule has 0 aromatic carbocycles. The van der Waals surface area contributed by atoms with E-state index in [9.17, 15) is 0 Å². The van der Waals surface area contributed by atoms with Gasteiger partial charge >= 0.3 is 0 Å². The molecular weight excluding hydrogens is 260 g/mol. The average Bonchev–Trinajstić information content (AvgIpc) is 2.55. The third kappa shape index (κ3) is 2.01. The van der Waals surface area contributed by atoms with Gasteiger partial charge in [-0.3, -0.25) is 0 Å². The molecular formula is C15H17Br. The number of hydrogen-bond acceptors (Lipinski definition) is 0. The lowest BCUT2D eigenvalue weighted by atomic mass is 10.0. The van der Waals surface area contributed by atoms with Gasteiger partial charge in [0.25, 0.3) is 0 Å². The number of alkyl halides is 1. The third-order valence-electron chi connectivity index (χ3n) is 3.28. The van der Waals surface area contributed by atoms with Gasteiger partial charge in [0.1, 0.15) is 0 Å². The summed E-state index contributed by atoms with van der Waals surface area (Å²) in [5, 5.41) is 1.01. The van der Waals surface area contributed by atoms with E-state index in [4.69, 9.17) is 0 Å². The zero-order valence-electron chi connectivity index (χ0n) is 10.0. The van der Waals surface area contributed by atoms with Crippen molar-refractivity contribution in [3.63, 3.8) is 0 Å². The predicted molar refractivity (Wildman–Crippen MR) is 74.7 cm³/mol. The summed E-state index contributed by atoms with van der Waals surface area (Å²) in [6, 6.07) is 11.3. The summed E-state index contributed by atoms with van der Waals surface area (Å²) in [6.07, 6.45) is 0. The van der Waals surface area contributed by atoms with Crippen LogP contribution in [0, 0.1) is 13.8 Å². The zero-order valence-corrected chi connectivity index (χ0v) is 11.6. The van der Waals surface area contributed by atoms with Crippen LogP contribution in [0.1, 0.15) is 29.5 Å². The molecule has 0 saturated heterocycles. The number of aryl methyl sites for hydroxylation is 2. The van der Waals surface area contributed by atoms with Gasteiger partial charge in [-0.1, -0.05) is 53.2 Å². The Balaban J connectivity index is 2.63. The maximum Gasteiger partial charge on any atom is 0.00975 e. The molecule has 2 rings (SSSR count). The molecule has 0 spiro atoms. The smallest absolute Gasteiger partial charge is 0.00975 e. The molecule has 0 heterocycles. The summed E-state index contributed by atoms with van der Waals surface area (Å²) in [7, 11) is 0. The summed E-state index contributed by atoms with van der Waals surface area (Å²) in [6.45, 7) is 6.62. The first-order chi connectivity index (χ1) is 7.63. The Morgan fingerprint density at radius 1 is 1.00 bits per heavy atom. The molecule has 16 heavy (non-hydrogen) atoms. The first kappa shape index (κ1) is 11.7. The van der Waals surface area contributed by atoms with Gasteiger partial charge in [0, 0.05) is 5.33 Å². The summed E-state index contributed by atoms with van der Waals surface area (Å²) in [4.78, 5) is 0. The Kier molecular flexibility index (Phi) is 3.34. The van der Waals surface area contributed by atoms with Crippen molar-refractivity contribution in [3.8, 4) is 11.1 Å². The molecule has 0 saturated carbocycles. The first-order valence-electron chi connectivity index (χ1n) is 5.69. The van der Waals surface area contributed by atoms with Crippen molar-refractivity contribution in [2.24, 2.45) is 0 Å².